The number of hydrogen-bond donors (Lipinski definition) is 5. The molecule has 0 spiro atoms. The smallest absolute Gasteiger partial charge is 0.412 e. The average Bonchev–Trinajstić information content (AvgIpc) is 3.84. The van der Waals surface area contributed by atoms with Crippen LogP contribution < -0.4 is 41.0 Å². The van der Waals surface area contributed by atoms with Gasteiger partial charge < -0.3 is 60.5 Å². The topological polar surface area (TPSA) is 230 Å². The van der Waals surface area contributed by atoms with Gasteiger partial charge in [-0.1, -0.05) is 50.1 Å². The second-order valence-corrected chi connectivity index (χ2v) is 20.7. The first-order valence-electron chi connectivity index (χ1n) is 27.1. The highest BCUT2D eigenvalue weighted by Crippen LogP contribution is 2.31. The third kappa shape index (κ3) is 22.2. The molecule has 1 heterocycles. The summed E-state index contributed by atoms with van der Waals surface area (Å²) in [6, 6.07) is 20.9. The van der Waals surface area contributed by atoms with Gasteiger partial charge in [0, 0.05) is 69.9 Å². The molecule has 4 amide bonds. The van der Waals surface area contributed by atoms with Crippen molar-refractivity contribution in [2.24, 2.45) is 17.4 Å². The predicted octanol–water partition coefficient (Wildman–Crippen LogP) is 6.26. The molecule has 3 aromatic rings. The molecule has 416 valence electrons. The van der Waals surface area contributed by atoms with Crippen LogP contribution in [-0.2, 0) is 38.3 Å². The van der Waals surface area contributed by atoms with E-state index in [1.54, 1.807) is 37.4 Å². The van der Waals surface area contributed by atoms with Crippen molar-refractivity contribution in [1.82, 2.24) is 25.3 Å². The summed E-state index contributed by atoms with van der Waals surface area (Å²) >= 11 is 0. The fourth-order valence-corrected chi connectivity index (χ4v) is 9.69. The van der Waals surface area contributed by atoms with Crippen molar-refractivity contribution in [2.75, 3.05) is 79.3 Å². The number of nitrogens with two attached hydrogens (primary N) is 2. The van der Waals surface area contributed by atoms with Gasteiger partial charge in [0.1, 0.15) is 30.3 Å². The predicted molar refractivity (Wildman–Crippen MR) is 289 cm³/mol. The number of nitrogens with one attached hydrogen (secondary N) is 2. The zero-order valence-electron chi connectivity index (χ0n) is 45.5. The number of primary amides is 2. The van der Waals surface area contributed by atoms with Crippen LogP contribution in [0.4, 0.5) is 9.59 Å². The lowest BCUT2D eigenvalue weighted by Crippen LogP contribution is -2.46. The van der Waals surface area contributed by atoms with Crippen molar-refractivity contribution in [3.05, 3.63) is 83.4 Å². The van der Waals surface area contributed by atoms with Gasteiger partial charge in [0.15, 0.2) is 11.5 Å². The Balaban J connectivity index is 0.941. The maximum atomic E-state index is 12.9. The molecule has 5 atom stereocenters. The van der Waals surface area contributed by atoms with Crippen LogP contribution >= 0.6 is 0 Å². The molecule has 18 nitrogen and oxygen atoms in total. The van der Waals surface area contributed by atoms with Gasteiger partial charge in [0.05, 0.1) is 39.3 Å². The molecule has 5 rings (SSSR count). The Kier molecular flexibility index (Phi) is 25.7. The molecule has 2 aliphatic rings. The summed E-state index contributed by atoms with van der Waals surface area (Å²) < 4.78 is 35.5. The summed E-state index contributed by atoms with van der Waals surface area (Å²) in [5, 5.41) is 16.5. The van der Waals surface area contributed by atoms with E-state index in [1.807, 2.05) is 36.4 Å². The van der Waals surface area contributed by atoms with Crippen LogP contribution in [0.1, 0.15) is 103 Å². The summed E-state index contributed by atoms with van der Waals surface area (Å²) in [7, 11) is 1.55. The molecule has 18 heteroatoms. The number of nitrogens with zero attached hydrogens (tertiary/aromatic N) is 3. The van der Waals surface area contributed by atoms with Gasteiger partial charge >= 0.3 is 12.2 Å². The molecule has 1 aliphatic heterocycles. The molecule has 1 aliphatic carbocycles. The summed E-state index contributed by atoms with van der Waals surface area (Å²) in [5.41, 5.74) is 13.2. The molecule has 0 aromatic heterocycles. The minimum atomic E-state index is -0.728. The number of likely N-dealkylation sites (tertiary alicyclic amines) is 1. The van der Waals surface area contributed by atoms with E-state index in [4.69, 9.17) is 39.9 Å². The number of aliphatic hydroxyl groups excluding tert-OH is 1. The number of alkyl carbamates (subject to hydrolysis) is 1. The van der Waals surface area contributed by atoms with Gasteiger partial charge in [0.2, 0.25) is 11.8 Å². The van der Waals surface area contributed by atoms with Crippen molar-refractivity contribution in [3.63, 3.8) is 0 Å². The molecule has 1 saturated carbocycles. The number of rotatable bonds is 33. The summed E-state index contributed by atoms with van der Waals surface area (Å²) in [6.07, 6.45) is 6.86. The van der Waals surface area contributed by atoms with Crippen LogP contribution in [-0.4, -0.2) is 160 Å². The Bertz CT molecular complexity index is 2180. The molecule has 2 fully saturated rings. The van der Waals surface area contributed by atoms with Crippen LogP contribution in [0.15, 0.2) is 66.7 Å². The normalized spacial score (nSPS) is 17.7. The highest BCUT2D eigenvalue weighted by molar-refractivity contribution is 5.77. The lowest BCUT2D eigenvalue weighted by atomic mass is 9.91. The van der Waals surface area contributed by atoms with E-state index in [9.17, 15) is 24.3 Å². The van der Waals surface area contributed by atoms with E-state index in [0.29, 0.717) is 88.0 Å². The number of methoxy groups -OCH3 is 1. The Labute approximate surface area is 445 Å². The van der Waals surface area contributed by atoms with E-state index in [2.05, 4.69) is 60.0 Å². The molecule has 0 radical (unpaired) electrons. The van der Waals surface area contributed by atoms with Gasteiger partial charge in [-0.15, -0.1) is 0 Å². The van der Waals surface area contributed by atoms with E-state index in [-0.39, 0.29) is 55.7 Å². The van der Waals surface area contributed by atoms with Gasteiger partial charge in [-0.2, -0.15) is 0 Å². The quantitative estimate of drug-likeness (QED) is 0.0425. The van der Waals surface area contributed by atoms with E-state index in [0.717, 1.165) is 87.0 Å². The summed E-state index contributed by atoms with van der Waals surface area (Å²) in [4.78, 5) is 55.0. The van der Waals surface area contributed by atoms with Crippen LogP contribution in [0, 0.1) is 5.92 Å². The Morgan fingerprint density at radius 2 is 1.29 bits per heavy atom. The minimum absolute atomic E-state index is 0.0891. The number of hydrogen-bond acceptors (Lipinski definition) is 14. The summed E-state index contributed by atoms with van der Waals surface area (Å²) in [6.45, 7) is 17.3. The monoisotopic (exact) mass is 1050 g/mol. The first-order valence-corrected chi connectivity index (χ1v) is 27.1. The van der Waals surface area contributed by atoms with E-state index < -0.39 is 18.1 Å². The number of carbonyl (C=O) groups is 4. The fraction of sp³-hybridized carbons (Fsp3) is 0.614. The van der Waals surface area contributed by atoms with Crippen molar-refractivity contribution in [2.45, 2.75) is 142 Å². The Hall–Kier alpha value is -5.66. The van der Waals surface area contributed by atoms with Gasteiger partial charge in [-0.3, -0.25) is 19.4 Å². The highest BCUT2D eigenvalue weighted by atomic mass is 16.6. The van der Waals surface area contributed by atoms with Crippen LogP contribution in [0.25, 0.3) is 0 Å². The molecule has 3 aromatic carbocycles. The van der Waals surface area contributed by atoms with Crippen LogP contribution in [0.3, 0.4) is 0 Å². The SMILES string of the molecule is COc1cc(CCOC2CCCC[C@H]2N2CC[C@@H](OC(=O)NCCCCN(CC(C)COc3ccc(CC(N)=O)cc3)C(C)C)C2)ccc1OC(=O)NCCCN(CC(O)COc1ccc(CC(N)=O)cc1)C(C)C. The maximum absolute atomic E-state index is 12.9. The van der Waals surface area contributed by atoms with Crippen molar-refractivity contribution in [3.8, 4) is 23.0 Å². The largest absolute Gasteiger partial charge is 0.493 e. The average molecular weight is 1050 g/mol. The zero-order valence-corrected chi connectivity index (χ0v) is 45.5. The number of aliphatic hydroxyl groups is 1. The third-order valence-corrected chi connectivity index (χ3v) is 13.8. The van der Waals surface area contributed by atoms with Crippen molar-refractivity contribution < 1.29 is 52.7 Å². The number of ether oxygens (including phenoxy) is 6. The van der Waals surface area contributed by atoms with Gasteiger partial charge in [-0.05, 0) is 132 Å². The molecule has 7 N–H and O–H groups in total. The molecule has 3 unspecified atom stereocenters. The molecule has 0 bridgehead atoms. The van der Waals surface area contributed by atoms with Crippen LogP contribution in [0.5, 0.6) is 23.0 Å². The lowest BCUT2D eigenvalue weighted by Gasteiger charge is -2.37. The number of amides is 4. The summed E-state index contributed by atoms with van der Waals surface area (Å²) in [5.74, 6) is 1.71. The molecule has 75 heavy (non-hydrogen) atoms. The highest BCUT2D eigenvalue weighted by Gasteiger charge is 2.36. The Morgan fingerprint density at radius 1 is 0.707 bits per heavy atom. The van der Waals surface area contributed by atoms with Crippen LogP contribution in [0.2, 0.25) is 0 Å². The molecule has 1 saturated heterocycles. The van der Waals surface area contributed by atoms with Crippen molar-refractivity contribution in [1.29, 1.82) is 0 Å². The first-order chi connectivity index (χ1) is 36.0. The number of carbonyl (C=O) groups excluding carboxylic acids is 4. The Morgan fingerprint density at radius 3 is 1.93 bits per heavy atom. The maximum Gasteiger partial charge on any atom is 0.412 e. The second-order valence-electron chi connectivity index (χ2n) is 20.7. The fourth-order valence-electron chi connectivity index (χ4n) is 9.69. The number of benzene rings is 3. The van der Waals surface area contributed by atoms with E-state index >= 15 is 0 Å². The number of unbranched alkanes of at least 4 members (excludes halogenated alkanes) is 1. The standard InChI is InChI=1S/C57H87N7O11/c1-40(2)62(35-42(5)38-72-47-19-14-43(15-20-47)33-54(58)66)28-10-9-26-60-56(68)74-49-24-30-64(37-49)50-12-7-8-13-51(50)71-31-25-45-18-23-52(53(32-45)70-6)75-57(69)61-27-11-29-63(41(3)4)36-46(65)39-73-48-21-16-44(17-22-48)34-55(59)67/h14-23,32,40-42,46,49-51,65H,7-13,24-31,33-39H2,1-6H3,(H2,58,66)(H2,59,67)(H,60,68)(H,61,69)/t42?,46?,49-,50-,51?/m1/s1. The van der Waals surface area contributed by atoms with Gasteiger partial charge in [-0.25, -0.2) is 9.59 Å². The minimum Gasteiger partial charge on any atom is -0.493 e. The lowest BCUT2D eigenvalue weighted by molar-refractivity contribution is -0.118. The molecular weight excluding hydrogens is 959 g/mol. The van der Waals surface area contributed by atoms with Crippen molar-refractivity contribution >= 4 is 24.0 Å². The second kappa shape index (κ2) is 32.0. The molecular formula is C57H87N7O11. The third-order valence-electron chi connectivity index (χ3n) is 13.8. The van der Waals surface area contributed by atoms with E-state index in [1.165, 1.54) is 0 Å². The van der Waals surface area contributed by atoms with Gasteiger partial charge in [0.25, 0.3) is 0 Å². The zero-order chi connectivity index (χ0) is 54.1. The first kappa shape index (κ1) is 60.2.